The van der Waals surface area contributed by atoms with Crippen LogP contribution in [0.5, 0.6) is 0 Å². The highest BCUT2D eigenvalue weighted by atomic mass is 32.2. The molecule has 0 saturated heterocycles. The molecule has 1 fully saturated rings. The van der Waals surface area contributed by atoms with E-state index in [1.165, 1.54) is 6.07 Å². The van der Waals surface area contributed by atoms with Crippen molar-refractivity contribution in [3.63, 3.8) is 0 Å². The maximum absolute atomic E-state index is 12.5. The lowest BCUT2D eigenvalue weighted by atomic mass is 9.99. The van der Waals surface area contributed by atoms with Gasteiger partial charge in [-0.1, -0.05) is 39.2 Å². The van der Waals surface area contributed by atoms with Crippen LogP contribution in [0.2, 0.25) is 0 Å². The first kappa shape index (κ1) is 19.9. The van der Waals surface area contributed by atoms with E-state index in [4.69, 9.17) is 0 Å². The SMILES string of the molecule is CCCCC(CC)CNC(=O)c1cc(S(=O)(=O)NC2CC2)ccc1C. The van der Waals surface area contributed by atoms with Gasteiger partial charge in [0.15, 0.2) is 0 Å². The third-order valence-electron chi connectivity index (χ3n) is 4.76. The Morgan fingerprint density at radius 1 is 1.28 bits per heavy atom. The first-order valence-corrected chi connectivity index (χ1v) is 10.8. The van der Waals surface area contributed by atoms with Crippen LogP contribution in [0.3, 0.4) is 0 Å². The van der Waals surface area contributed by atoms with E-state index in [0.29, 0.717) is 18.0 Å². The summed E-state index contributed by atoms with van der Waals surface area (Å²) in [5.74, 6) is 0.267. The highest BCUT2D eigenvalue weighted by Gasteiger charge is 2.28. The monoisotopic (exact) mass is 366 g/mol. The number of carbonyl (C=O) groups is 1. The van der Waals surface area contributed by atoms with Gasteiger partial charge in [-0.05, 0) is 49.8 Å². The van der Waals surface area contributed by atoms with Gasteiger partial charge in [0.2, 0.25) is 10.0 Å². The Balaban J connectivity index is 2.06. The Morgan fingerprint density at radius 2 is 2.00 bits per heavy atom. The number of hydrogen-bond donors (Lipinski definition) is 2. The van der Waals surface area contributed by atoms with Crippen LogP contribution in [0.15, 0.2) is 23.1 Å². The van der Waals surface area contributed by atoms with Gasteiger partial charge in [-0.2, -0.15) is 0 Å². The maximum Gasteiger partial charge on any atom is 0.251 e. The smallest absolute Gasteiger partial charge is 0.251 e. The van der Waals surface area contributed by atoms with Crippen molar-refractivity contribution in [1.29, 1.82) is 0 Å². The summed E-state index contributed by atoms with van der Waals surface area (Å²) < 4.78 is 27.4. The number of rotatable bonds is 10. The molecule has 140 valence electrons. The Morgan fingerprint density at radius 3 is 2.60 bits per heavy atom. The van der Waals surface area contributed by atoms with Gasteiger partial charge in [0.1, 0.15) is 0 Å². The Kier molecular flexibility index (Phi) is 7.02. The van der Waals surface area contributed by atoms with E-state index in [1.54, 1.807) is 12.1 Å². The molecule has 1 aliphatic rings. The number of unbranched alkanes of at least 4 members (excludes halogenated alkanes) is 1. The van der Waals surface area contributed by atoms with Crippen molar-refractivity contribution in [2.75, 3.05) is 6.54 Å². The van der Waals surface area contributed by atoms with Crippen molar-refractivity contribution in [3.05, 3.63) is 29.3 Å². The van der Waals surface area contributed by atoms with Gasteiger partial charge >= 0.3 is 0 Å². The number of benzene rings is 1. The van der Waals surface area contributed by atoms with Gasteiger partial charge in [0, 0.05) is 18.2 Å². The number of hydrogen-bond acceptors (Lipinski definition) is 3. The van der Waals surface area contributed by atoms with Crippen LogP contribution < -0.4 is 10.0 Å². The summed E-state index contributed by atoms with van der Waals surface area (Å²) in [7, 11) is -3.55. The molecule has 0 spiro atoms. The van der Waals surface area contributed by atoms with Crippen LogP contribution in [0.25, 0.3) is 0 Å². The molecule has 2 rings (SSSR count). The van der Waals surface area contributed by atoms with Crippen molar-refractivity contribution in [2.45, 2.75) is 70.2 Å². The molecule has 0 heterocycles. The van der Waals surface area contributed by atoms with Crippen LogP contribution >= 0.6 is 0 Å². The molecule has 25 heavy (non-hydrogen) atoms. The predicted octanol–water partition coefficient (Wildman–Crippen LogP) is 3.38. The molecule has 5 nitrogen and oxygen atoms in total. The summed E-state index contributed by atoms with van der Waals surface area (Å²) in [5.41, 5.74) is 1.22. The van der Waals surface area contributed by atoms with Crippen molar-refractivity contribution in [3.8, 4) is 0 Å². The zero-order valence-corrected chi connectivity index (χ0v) is 16.3. The number of sulfonamides is 1. The van der Waals surface area contributed by atoms with Crippen LogP contribution in [-0.2, 0) is 10.0 Å². The van der Waals surface area contributed by atoms with E-state index in [1.807, 2.05) is 6.92 Å². The molecular formula is C19H30N2O3S. The van der Waals surface area contributed by atoms with Gasteiger partial charge in [0.05, 0.1) is 4.90 Å². The summed E-state index contributed by atoms with van der Waals surface area (Å²) in [5, 5.41) is 2.98. The van der Waals surface area contributed by atoms with E-state index in [0.717, 1.165) is 44.1 Å². The molecule has 1 aromatic carbocycles. The number of aryl methyl sites for hydroxylation is 1. The molecule has 1 amide bonds. The molecule has 0 aliphatic heterocycles. The Bertz CT molecular complexity index is 697. The van der Waals surface area contributed by atoms with Crippen molar-refractivity contribution in [1.82, 2.24) is 10.0 Å². The number of carbonyl (C=O) groups excluding carboxylic acids is 1. The van der Waals surface area contributed by atoms with E-state index >= 15 is 0 Å². The van der Waals surface area contributed by atoms with Crippen LogP contribution in [0.4, 0.5) is 0 Å². The number of amides is 1. The minimum atomic E-state index is -3.55. The molecule has 0 aromatic heterocycles. The molecule has 0 radical (unpaired) electrons. The Hall–Kier alpha value is -1.40. The van der Waals surface area contributed by atoms with Crippen molar-refractivity contribution >= 4 is 15.9 Å². The topological polar surface area (TPSA) is 75.3 Å². The second-order valence-corrected chi connectivity index (χ2v) is 8.71. The maximum atomic E-state index is 12.5. The fourth-order valence-electron chi connectivity index (χ4n) is 2.78. The van der Waals surface area contributed by atoms with Gasteiger partial charge in [-0.3, -0.25) is 4.79 Å². The highest BCUT2D eigenvalue weighted by Crippen LogP contribution is 2.23. The summed E-state index contributed by atoms with van der Waals surface area (Å²) in [6, 6.07) is 4.80. The number of nitrogens with one attached hydrogen (secondary N) is 2. The molecular weight excluding hydrogens is 336 g/mol. The fourth-order valence-corrected chi connectivity index (χ4v) is 4.11. The zero-order chi connectivity index (χ0) is 18.4. The van der Waals surface area contributed by atoms with Gasteiger partial charge < -0.3 is 5.32 Å². The first-order valence-electron chi connectivity index (χ1n) is 9.28. The molecule has 6 heteroatoms. The standard InChI is InChI=1S/C19H30N2O3S/c1-4-6-7-15(5-2)13-20-19(22)18-12-17(11-8-14(18)3)25(23,24)21-16-9-10-16/h8,11-12,15-16,21H,4-7,9-10,13H2,1-3H3,(H,20,22). The van der Waals surface area contributed by atoms with E-state index in [9.17, 15) is 13.2 Å². The highest BCUT2D eigenvalue weighted by molar-refractivity contribution is 7.89. The molecule has 2 N–H and O–H groups in total. The summed E-state index contributed by atoms with van der Waals surface area (Å²) in [4.78, 5) is 12.7. The van der Waals surface area contributed by atoms with E-state index in [2.05, 4.69) is 23.9 Å². The lowest BCUT2D eigenvalue weighted by Crippen LogP contribution is -2.30. The molecule has 1 saturated carbocycles. The zero-order valence-electron chi connectivity index (χ0n) is 15.5. The lowest BCUT2D eigenvalue weighted by Gasteiger charge is -2.16. The summed E-state index contributed by atoms with van der Waals surface area (Å²) >= 11 is 0. The molecule has 1 unspecified atom stereocenters. The minimum Gasteiger partial charge on any atom is -0.352 e. The van der Waals surface area contributed by atoms with E-state index < -0.39 is 10.0 Å². The minimum absolute atomic E-state index is 0.0486. The average Bonchev–Trinajstić information content (AvgIpc) is 3.38. The van der Waals surface area contributed by atoms with Gasteiger partial charge in [-0.25, -0.2) is 13.1 Å². The van der Waals surface area contributed by atoms with Crippen LogP contribution in [-0.4, -0.2) is 26.9 Å². The predicted molar refractivity (Wildman–Crippen MR) is 100 cm³/mol. The second-order valence-electron chi connectivity index (χ2n) is 7.00. The summed E-state index contributed by atoms with van der Waals surface area (Å²) in [6.45, 7) is 6.75. The largest absolute Gasteiger partial charge is 0.352 e. The van der Waals surface area contributed by atoms with Crippen LogP contribution in [0, 0.1) is 12.8 Å². The quantitative estimate of drug-likeness (QED) is 0.666. The lowest BCUT2D eigenvalue weighted by molar-refractivity contribution is 0.0945. The Labute approximate surface area is 151 Å². The van der Waals surface area contributed by atoms with Gasteiger partial charge in [0.25, 0.3) is 5.91 Å². The normalized spacial score (nSPS) is 15.8. The van der Waals surface area contributed by atoms with Crippen LogP contribution in [0.1, 0.15) is 68.3 Å². The second kappa shape index (κ2) is 8.81. The van der Waals surface area contributed by atoms with Crippen molar-refractivity contribution in [2.24, 2.45) is 5.92 Å². The molecule has 0 bridgehead atoms. The van der Waals surface area contributed by atoms with E-state index in [-0.39, 0.29) is 16.8 Å². The summed E-state index contributed by atoms with van der Waals surface area (Å²) in [6.07, 6.45) is 6.21. The third kappa shape index (κ3) is 5.82. The third-order valence-corrected chi connectivity index (χ3v) is 6.28. The average molecular weight is 367 g/mol. The van der Waals surface area contributed by atoms with Crippen molar-refractivity contribution < 1.29 is 13.2 Å². The van der Waals surface area contributed by atoms with Gasteiger partial charge in [-0.15, -0.1) is 0 Å². The molecule has 1 atom stereocenters. The molecule has 1 aromatic rings. The fraction of sp³-hybridized carbons (Fsp3) is 0.632. The first-order chi connectivity index (χ1) is 11.9. The molecule has 1 aliphatic carbocycles.